The molecule has 1 nitrogen and oxygen atoms in total. The molecule has 0 bridgehead atoms. The summed E-state index contributed by atoms with van der Waals surface area (Å²) in [6, 6.07) is 0. The van der Waals surface area contributed by atoms with E-state index in [-0.39, 0.29) is 16.4 Å². The molecule has 4 aliphatic carbocycles. The fourth-order valence-electron chi connectivity index (χ4n) is 7.25. The largest absolute Gasteiger partial charge is 0.360 e. The zero-order valence-corrected chi connectivity index (χ0v) is 13.8. The van der Waals surface area contributed by atoms with Gasteiger partial charge in [-0.25, -0.2) is 4.39 Å². The minimum atomic E-state index is -0.586. The molecule has 8 atom stereocenters. The summed E-state index contributed by atoms with van der Waals surface area (Å²) in [6.45, 7) is 9.19. The summed E-state index contributed by atoms with van der Waals surface area (Å²) in [5.41, 5.74) is 1.54. The number of rotatable bonds is 0. The zero-order chi connectivity index (χ0) is 15.3. The number of ether oxygens (including phenoxy) is 1. The second-order valence-electron chi connectivity index (χ2n) is 9.18. The highest BCUT2D eigenvalue weighted by Crippen LogP contribution is 2.72. The predicted octanol–water partition coefficient (Wildman–Crippen LogP) is 4.83. The van der Waals surface area contributed by atoms with E-state index in [9.17, 15) is 4.39 Å². The minimum Gasteiger partial charge on any atom is -0.360 e. The van der Waals surface area contributed by atoms with Gasteiger partial charge in [0.15, 0.2) is 0 Å². The van der Waals surface area contributed by atoms with Gasteiger partial charge in [-0.3, -0.25) is 0 Å². The molecule has 0 N–H and O–H groups in total. The Morgan fingerprint density at radius 3 is 2.95 bits per heavy atom. The Morgan fingerprint density at radius 1 is 1.32 bits per heavy atom. The quantitative estimate of drug-likeness (QED) is 0.461. The van der Waals surface area contributed by atoms with Crippen LogP contribution in [0.3, 0.4) is 0 Å². The van der Waals surface area contributed by atoms with E-state index in [2.05, 4.69) is 32.6 Å². The Kier molecular flexibility index (Phi) is 2.43. The number of hydrogen-bond acceptors (Lipinski definition) is 1. The molecule has 2 heteroatoms. The van der Waals surface area contributed by atoms with Crippen molar-refractivity contribution in [1.82, 2.24) is 0 Å². The van der Waals surface area contributed by atoms with E-state index in [0.717, 1.165) is 25.7 Å². The fraction of sp³-hybridized carbons (Fsp3) is 0.800. The van der Waals surface area contributed by atoms with Gasteiger partial charge in [-0.2, -0.15) is 0 Å². The summed E-state index contributed by atoms with van der Waals surface area (Å²) in [5.74, 6) is 1.79. The van der Waals surface area contributed by atoms with Gasteiger partial charge in [0.2, 0.25) is 0 Å². The Bertz CT molecular complexity index is 582. The molecule has 1 saturated heterocycles. The van der Waals surface area contributed by atoms with Crippen molar-refractivity contribution in [2.75, 3.05) is 0 Å². The summed E-state index contributed by atoms with van der Waals surface area (Å²) in [7, 11) is 0. The number of alkyl halides is 1. The highest BCUT2D eigenvalue weighted by Gasteiger charge is 2.74. The number of epoxide rings is 1. The first kappa shape index (κ1) is 13.8. The smallest absolute Gasteiger partial charge is 0.125 e. The van der Waals surface area contributed by atoms with Gasteiger partial charge in [-0.1, -0.05) is 32.6 Å². The van der Waals surface area contributed by atoms with E-state index in [1.807, 2.05) is 0 Å². The second kappa shape index (κ2) is 3.88. The van der Waals surface area contributed by atoms with Gasteiger partial charge in [0.1, 0.15) is 11.8 Å². The second-order valence-corrected chi connectivity index (χ2v) is 9.18. The third kappa shape index (κ3) is 1.36. The zero-order valence-electron chi connectivity index (χ0n) is 13.8. The van der Waals surface area contributed by atoms with Gasteiger partial charge in [0, 0.05) is 5.41 Å². The van der Waals surface area contributed by atoms with Crippen molar-refractivity contribution in [3.8, 4) is 0 Å². The van der Waals surface area contributed by atoms with Gasteiger partial charge in [0.25, 0.3) is 0 Å². The van der Waals surface area contributed by atoms with Crippen LogP contribution < -0.4 is 0 Å². The van der Waals surface area contributed by atoms with Crippen LogP contribution in [0.5, 0.6) is 0 Å². The van der Waals surface area contributed by atoms with Crippen molar-refractivity contribution in [3.63, 3.8) is 0 Å². The molecule has 1 heterocycles. The molecular weight excluding hydrogens is 275 g/mol. The molecule has 0 radical (unpaired) electrons. The van der Waals surface area contributed by atoms with Crippen LogP contribution in [0.1, 0.15) is 52.4 Å². The Hall–Kier alpha value is -0.630. The molecule has 120 valence electrons. The maximum Gasteiger partial charge on any atom is 0.125 e. The molecule has 0 aromatic rings. The maximum atomic E-state index is 14.2. The lowest BCUT2D eigenvalue weighted by atomic mass is 9.45. The van der Waals surface area contributed by atoms with Crippen LogP contribution in [-0.2, 0) is 4.74 Å². The fourth-order valence-corrected chi connectivity index (χ4v) is 7.25. The summed E-state index contributed by atoms with van der Waals surface area (Å²) in [6.07, 6.45) is 10.6. The molecule has 0 amide bonds. The number of hydrogen-bond donors (Lipinski definition) is 0. The first-order valence-corrected chi connectivity index (χ1v) is 9.08. The van der Waals surface area contributed by atoms with E-state index in [4.69, 9.17) is 4.74 Å². The van der Waals surface area contributed by atoms with Gasteiger partial charge < -0.3 is 4.74 Å². The molecule has 1 aliphatic heterocycles. The monoisotopic (exact) mass is 302 g/mol. The van der Waals surface area contributed by atoms with Crippen LogP contribution >= 0.6 is 0 Å². The molecule has 5 aliphatic rings. The van der Waals surface area contributed by atoms with E-state index in [1.165, 1.54) is 18.4 Å². The molecule has 3 saturated carbocycles. The van der Waals surface area contributed by atoms with Gasteiger partial charge in [-0.15, -0.1) is 0 Å². The maximum absolute atomic E-state index is 14.2. The molecule has 4 fully saturated rings. The lowest BCUT2D eigenvalue weighted by molar-refractivity contribution is -0.0516. The Labute approximate surface area is 133 Å². The molecule has 5 rings (SSSR count). The van der Waals surface area contributed by atoms with Crippen molar-refractivity contribution in [2.24, 2.45) is 28.6 Å². The van der Waals surface area contributed by atoms with Crippen LogP contribution in [0.25, 0.3) is 0 Å². The van der Waals surface area contributed by atoms with Gasteiger partial charge in [0.05, 0.1) is 6.10 Å². The van der Waals surface area contributed by atoms with Gasteiger partial charge in [-0.05, 0) is 67.3 Å². The molecule has 0 aromatic carbocycles. The number of halogens is 1. The van der Waals surface area contributed by atoms with Crippen molar-refractivity contribution < 1.29 is 9.13 Å². The third-order valence-corrected chi connectivity index (χ3v) is 8.27. The topological polar surface area (TPSA) is 12.5 Å². The number of fused-ring (bicyclic) bond motifs is 4. The third-order valence-electron chi connectivity index (χ3n) is 8.27. The highest BCUT2D eigenvalue weighted by atomic mass is 19.1. The molecular formula is C20H27FO. The van der Waals surface area contributed by atoms with Crippen molar-refractivity contribution in [3.05, 3.63) is 24.3 Å². The SMILES string of the molecule is C=C1C[C@H]2[C@@H]3C[C@@H](F)C[C@@]3(C)CC[C@@H]2[C@@]2(C)C=CCC3OC132. The summed E-state index contributed by atoms with van der Waals surface area (Å²) in [5, 5.41) is 0. The van der Waals surface area contributed by atoms with Crippen molar-refractivity contribution >= 4 is 0 Å². The normalized spacial score (nSPS) is 62.0. The summed E-state index contributed by atoms with van der Waals surface area (Å²) >= 11 is 0. The Balaban J connectivity index is 1.58. The first-order valence-electron chi connectivity index (χ1n) is 9.08. The van der Waals surface area contributed by atoms with Gasteiger partial charge >= 0.3 is 0 Å². The molecule has 1 spiro atoms. The Morgan fingerprint density at radius 2 is 2.14 bits per heavy atom. The lowest BCUT2D eigenvalue weighted by Crippen LogP contribution is -2.56. The standard InChI is InChI=1S/C20H27FO/c1-12-9-14-15(6-8-18(2)11-13(21)10-16(14)18)19(3)7-4-5-17-20(12,19)22-17/h4,7,13-17H,1,5-6,8-11H2,2-3H3/t13-,14-,15+,16+,17?,18-,19-,20?/m1/s1. The van der Waals surface area contributed by atoms with Crippen LogP contribution in [0.4, 0.5) is 4.39 Å². The summed E-state index contributed by atoms with van der Waals surface area (Å²) in [4.78, 5) is 0. The average Bonchev–Trinajstić information content (AvgIpc) is 3.11. The van der Waals surface area contributed by atoms with E-state index < -0.39 is 6.17 Å². The van der Waals surface area contributed by atoms with Crippen molar-refractivity contribution in [1.29, 1.82) is 0 Å². The molecule has 2 unspecified atom stereocenters. The first-order chi connectivity index (χ1) is 10.4. The van der Waals surface area contributed by atoms with Crippen LogP contribution in [0.15, 0.2) is 24.3 Å². The molecule has 22 heavy (non-hydrogen) atoms. The van der Waals surface area contributed by atoms with Crippen LogP contribution in [-0.4, -0.2) is 17.9 Å². The highest BCUT2D eigenvalue weighted by molar-refractivity contribution is 5.41. The van der Waals surface area contributed by atoms with Crippen molar-refractivity contribution in [2.45, 2.75) is 70.2 Å². The minimum absolute atomic E-state index is 0.0790. The average molecular weight is 302 g/mol. The van der Waals surface area contributed by atoms with Crippen LogP contribution in [0, 0.1) is 28.6 Å². The lowest BCUT2D eigenvalue weighted by Gasteiger charge is -2.58. The summed E-state index contributed by atoms with van der Waals surface area (Å²) < 4.78 is 20.4. The van der Waals surface area contributed by atoms with Crippen LogP contribution in [0.2, 0.25) is 0 Å². The predicted molar refractivity (Wildman–Crippen MR) is 85.2 cm³/mol. The van der Waals surface area contributed by atoms with E-state index in [1.54, 1.807) is 0 Å². The van der Waals surface area contributed by atoms with E-state index >= 15 is 0 Å². The molecule has 0 aromatic heterocycles. The van der Waals surface area contributed by atoms with E-state index in [0.29, 0.717) is 23.9 Å².